The first-order chi connectivity index (χ1) is 15.0. The average Bonchev–Trinajstić information content (AvgIpc) is 3.46. The van der Waals surface area contributed by atoms with E-state index < -0.39 is 0 Å². The number of amides is 2. The van der Waals surface area contributed by atoms with Crippen LogP contribution in [-0.2, 0) is 4.79 Å². The van der Waals surface area contributed by atoms with Crippen molar-refractivity contribution in [2.75, 3.05) is 18.8 Å². The molecule has 0 bridgehead atoms. The highest BCUT2D eigenvalue weighted by molar-refractivity contribution is 7.99. The van der Waals surface area contributed by atoms with Crippen LogP contribution in [0.5, 0.6) is 0 Å². The number of carbonyl (C=O) groups is 2. The molecule has 31 heavy (non-hydrogen) atoms. The minimum absolute atomic E-state index is 0.0440. The Balaban J connectivity index is 1.27. The Morgan fingerprint density at radius 3 is 2.81 bits per heavy atom. The minimum atomic E-state index is -0.110. The molecule has 1 N–H and O–H groups in total. The van der Waals surface area contributed by atoms with E-state index in [1.807, 2.05) is 29.7 Å². The fourth-order valence-corrected chi connectivity index (χ4v) is 4.33. The number of hydrogen-bond acceptors (Lipinski definition) is 6. The predicted molar refractivity (Wildman–Crippen MR) is 118 cm³/mol. The van der Waals surface area contributed by atoms with Gasteiger partial charge in [0.05, 0.1) is 17.7 Å². The van der Waals surface area contributed by atoms with Crippen molar-refractivity contribution < 1.29 is 14.0 Å². The summed E-state index contributed by atoms with van der Waals surface area (Å²) in [5.74, 6) is 0.389. The van der Waals surface area contributed by atoms with Crippen molar-refractivity contribution >= 4 is 35.2 Å². The van der Waals surface area contributed by atoms with Gasteiger partial charge in [-0.2, -0.15) is 0 Å². The van der Waals surface area contributed by atoms with Gasteiger partial charge in [0.1, 0.15) is 6.33 Å². The third-order valence-corrected chi connectivity index (χ3v) is 6.51. The van der Waals surface area contributed by atoms with Crippen LogP contribution in [0.25, 0.3) is 5.69 Å². The number of rotatable bonds is 6. The Kier molecular flexibility index (Phi) is 6.62. The summed E-state index contributed by atoms with van der Waals surface area (Å²) in [7, 11) is 0. The molecule has 162 valence electrons. The fraction of sp³-hybridized carbons (Fsp3) is 0.333. The molecular formula is C21H22ClN5O3S. The van der Waals surface area contributed by atoms with Crippen molar-refractivity contribution in [2.45, 2.75) is 31.0 Å². The van der Waals surface area contributed by atoms with E-state index in [1.165, 1.54) is 18.0 Å². The Morgan fingerprint density at radius 2 is 2.10 bits per heavy atom. The molecule has 10 heteroatoms. The lowest BCUT2D eigenvalue weighted by Crippen LogP contribution is -2.46. The van der Waals surface area contributed by atoms with Crippen molar-refractivity contribution in [3.63, 3.8) is 0 Å². The zero-order chi connectivity index (χ0) is 21.8. The highest BCUT2D eigenvalue weighted by atomic mass is 35.5. The Labute approximate surface area is 189 Å². The van der Waals surface area contributed by atoms with Crippen LogP contribution in [0.3, 0.4) is 0 Å². The molecule has 0 radical (unpaired) electrons. The van der Waals surface area contributed by atoms with Crippen LogP contribution in [0, 0.1) is 6.92 Å². The maximum atomic E-state index is 12.4. The summed E-state index contributed by atoms with van der Waals surface area (Å²) in [6.07, 6.45) is 4.51. The number of benzene rings is 1. The van der Waals surface area contributed by atoms with Crippen LogP contribution >= 0.6 is 23.4 Å². The highest BCUT2D eigenvalue weighted by Gasteiger charge is 2.26. The maximum Gasteiger partial charge on any atom is 0.289 e. The summed E-state index contributed by atoms with van der Waals surface area (Å²) in [6, 6.07) is 9.13. The first-order valence-electron chi connectivity index (χ1n) is 9.93. The molecular weight excluding hydrogens is 438 g/mol. The number of nitrogens with one attached hydrogen (secondary N) is 1. The van der Waals surface area contributed by atoms with Crippen LogP contribution in [0.4, 0.5) is 0 Å². The number of piperidine rings is 1. The van der Waals surface area contributed by atoms with Gasteiger partial charge in [-0.3, -0.25) is 14.2 Å². The lowest BCUT2D eigenvalue weighted by molar-refractivity contribution is -0.119. The monoisotopic (exact) mass is 459 g/mol. The number of likely N-dealkylation sites (tertiary alicyclic amines) is 1. The summed E-state index contributed by atoms with van der Waals surface area (Å²) in [4.78, 5) is 26.5. The Hall–Kier alpha value is -2.78. The van der Waals surface area contributed by atoms with E-state index in [-0.39, 0.29) is 23.6 Å². The first-order valence-corrected chi connectivity index (χ1v) is 11.3. The molecule has 1 aromatic carbocycles. The number of carbonyl (C=O) groups excluding carboxylic acids is 2. The van der Waals surface area contributed by atoms with Crippen LogP contribution in [0.2, 0.25) is 5.02 Å². The van der Waals surface area contributed by atoms with Gasteiger partial charge in [-0.15, -0.1) is 10.2 Å². The minimum Gasteiger partial charge on any atom is -0.459 e. The van der Waals surface area contributed by atoms with Crippen LogP contribution in [-0.4, -0.2) is 56.4 Å². The van der Waals surface area contributed by atoms with Gasteiger partial charge in [0.15, 0.2) is 10.9 Å². The largest absolute Gasteiger partial charge is 0.459 e. The molecule has 3 aromatic rings. The number of hydrogen-bond donors (Lipinski definition) is 1. The molecule has 0 spiro atoms. The lowest BCUT2D eigenvalue weighted by Gasteiger charge is -2.31. The highest BCUT2D eigenvalue weighted by Crippen LogP contribution is 2.24. The van der Waals surface area contributed by atoms with E-state index >= 15 is 0 Å². The quantitative estimate of drug-likeness (QED) is 0.568. The first kappa shape index (κ1) is 21.5. The smallest absolute Gasteiger partial charge is 0.289 e. The average molecular weight is 460 g/mol. The van der Waals surface area contributed by atoms with Gasteiger partial charge in [0.25, 0.3) is 5.91 Å². The second kappa shape index (κ2) is 9.57. The summed E-state index contributed by atoms with van der Waals surface area (Å²) in [5, 5.41) is 12.4. The van der Waals surface area contributed by atoms with E-state index in [0.29, 0.717) is 41.9 Å². The number of thioether (sulfide) groups is 1. The molecule has 1 aliphatic heterocycles. The van der Waals surface area contributed by atoms with Gasteiger partial charge >= 0.3 is 0 Å². The van der Waals surface area contributed by atoms with Crippen molar-refractivity contribution in [1.29, 1.82) is 0 Å². The number of aryl methyl sites for hydroxylation is 1. The summed E-state index contributed by atoms with van der Waals surface area (Å²) < 4.78 is 6.98. The van der Waals surface area contributed by atoms with Crippen LogP contribution in [0.1, 0.15) is 29.0 Å². The second-order valence-electron chi connectivity index (χ2n) is 7.32. The van der Waals surface area contributed by atoms with E-state index in [1.54, 1.807) is 23.4 Å². The standard InChI is InChI=1S/C21H22ClN5O3S/c1-14-4-5-16(11-17(14)22)27-13-23-25-21(27)31-12-19(28)24-15-6-8-26(9-7-15)20(29)18-3-2-10-30-18/h2-5,10-11,13,15H,6-9,12H2,1H3,(H,24,28). The van der Waals surface area contributed by atoms with Crippen molar-refractivity contribution in [2.24, 2.45) is 0 Å². The van der Waals surface area contributed by atoms with Gasteiger partial charge in [-0.25, -0.2) is 0 Å². The van der Waals surface area contributed by atoms with E-state index in [0.717, 1.165) is 11.3 Å². The lowest BCUT2D eigenvalue weighted by atomic mass is 10.0. The zero-order valence-electron chi connectivity index (χ0n) is 17.0. The van der Waals surface area contributed by atoms with Gasteiger partial charge in [-0.1, -0.05) is 29.4 Å². The second-order valence-corrected chi connectivity index (χ2v) is 8.67. The normalized spacial score (nSPS) is 14.6. The summed E-state index contributed by atoms with van der Waals surface area (Å²) in [6.45, 7) is 3.11. The molecule has 0 aliphatic carbocycles. The Bertz CT molecular complexity index is 1060. The maximum absolute atomic E-state index is 12.4. The zero-order valence-corrected chi connectivity index (χ0v) is 18.5. The van der Waals surface area contributed by atoms with Crippen molar-refractivity contribution in [3.05, 3.63) is 59.3 Å². The molecule has 2 aromatic heterocycles. The Morgan fingerprint density at radius 1 is 1.29 bits per heavy atom. The number of aromatic nitrogens is 3. The third kappa shape index (κ3) is 5.11. The number of furan rings is 1. The van der Waals surface area contributed by atoms with Gasteiger partial charge in [0.2, 0.25) is 5.91 Å². The number of nitrogens with zero attached hydrogens (tertiary/aromatic N) is 4. The predicted octanol–water partition coefficient (Wildman–Crippen LogP) is 3.34. The van der Waals surface area contributed by atoms with E-state index in [9.17, 15) is 9.59 Å². The van der Waals surface area contributed by atoms with E-state index in [4.69, 9.17) is 16.0 Å². The molecule has 0 saturated carbocycles. The van der Waals surface area contributed by atoms with Crippen LogP contribution in [0.15, 0.2) is 52.5 Å². The topological polar surface area (TPSA) is 93.3 Å². The van der Waals surface area contributed by atoms with Gasteiger partial charge in [0, 0.05) is 24.2 Å². The SMILES string of the molecule is Cc1ccc(-n2cnnc2SCC(=O)NC2CCN(C(=O)c3ccco3)CC2)cc1Cl. The molecule has 0 unspecified atom stereocenters. The van der Waals surface area contributed by atoms with Crippen molar-refractivity contribution in [3.8, 4) is 5.69 Å². The van der Waals surface area contributed by atoms with Crippen molar-refractivity contribution in [1.82, 2.24) is 25.0 Å². The molecule has 8 nitrogen and oxygen atoms in total. The molecule has 3 heterocycles. The molecule has 1 fully saturated rings. The molecule has 4 rings (SSSR count). The molecule has 1 aliphatic rings. The molecule has 1 saturated heterocycles. The summed E-state index contributed by atoms with van der Waals surface area (Å²) in [5.41, 5.74) is 1.83. The summed E-state index contributed by atoms with van der Waals surface area (Å²) >= 11 is 7.54. The van der Waals surface area contributed by atoms with Gasteiger partial charge in [-0.05, 0) is 49.6 Å². The fourth-order valence-electron chi connectivity index (χ4n) is 3.41. The van der Waals surface area contributed by atoms with Crippen LogP contribution < -0.4 is 5.32 Å². The number of halogens is 1. The van der Waals surface area contributed by atoms with Gasteiger partial charge < -0.3 is 14.6 Å². The van der Waals surface area contributed by atoms with E-state index in [2.05, 4.69) is 15.5 Å². The third-order valence-electron chi connectivity index (χ3n) is 5.16. The molecule has 2 amide bonds. The molecule has 0 atom stereocenters.